The number of amides is 1. The van der Waals surface area contributed by atoms with E-state index in [1.165, 1.54) is 7.11 Å². The van der Waals surface area contributed by atoms with E-state index in [4.69, 9.17) is 9.73 Å². The summed E-state index contributed by atoms with van der Waals surface area (Å²) in [4.78, 5) is 25.4. The Labute approximate surface area is 180 Å². The summed E-state index contributed by atoms with van der Waals surface area (Å²) in [7, 11) is 5.40. The lowest BCUT2D eigenvalue weighted by Crippen LogP contribution is -2.30. The lowest BCUT2D eigenvalue weighted by molar-refractivity contribution is 0.178. The summed E-state index contributed by atoms with van der Waals surface area (Å²) in [5.74, 6) is 0. The van der Waals surface area contributed by atoms with E-state index in [0.717, 1.165) is 49.9 Å². The molecule has 5 rings (SSSR count). The molecule has 0 spiro atoms. The molecule has 0 aromatic heterocycles. The maximum absolute atomic E-state index is 12.6. The first-order valence-electron chi connectivity index (χ1n) is 10.1. The summed E-state index contributed by atoms with van der Waals surface area (Å²) in [6.07, 6.45) is 3.34. The van der Waals surface area contributed by atoms with Gasteiger partial charge in [-0.2, -0.15) is 0 Å². The Morgan fingerprint density at radius 3 is 2.52 bits per heavy atom. The summed E-state index contributed by atoms with van der Waals surface area (Å²) in [6.45, 7) is 0.406. The Balaban J connectivity index is 1.51. The van der Waals surface area contributed by atoms with Crippen molar-refractivity contribution in [3.8, 4) is 11.1 Å². The third-order valence-electron chi connectivity index (χ3n) is 5.67. The van der Waals surface area contributed by atoms with Gasteiger partial charge in [-0.25, -0.2) is 9.79 Å². The number of benzene rings is 3. The van der Waals surface area contributed by atoms with Crippen LogP contribution in [0.1, 0.15) is 11.1 Å². The van der Waals surface area contributed by atoms with E-state index in [-0.39, 0.29) is 0 Å². The van der Waals surface area contributed by atoms with Crippen molar-refractivity contribution in [3.63, 3.8) is 0 Å². The fraction of sp³-hybridized carbons (Fsp3) is 0.160. The van der Waals surface area contributed by atoms with Crippen LogP contribution in [0.5, 0.6) is 0 Å². The zero-order valence-electron chi connectivity index (χ0n) is 17.7. The Morgan fingerprint density at radius 2 is 1.77 bits per heavy atom. The SMILES string of the molecule is COC(=O)N(Cc1ccc(N(C)C)cc1)c1ccc2c(c1)N=c1ccc3c(c1-2)C=NC=3. The minimum absolute atomic E-state index is 0.406. The normalized spacial score (nSPS) is 12.4. The molecule has 3 aromatic carbocycles. The van der Waals surface area contributed by atoms with E-state index in [1.54, 1.807) is 4.90 Å². The van der Waals surface area contributed by atoms with E-state index in [2.05, 4.69) is 4.99 Å². The third kappa shape index (κ3) is 3.26. The van der Waals surface area contributed by atoms with Crippen LogP contribution in [-0.4, -0.2) is 33.5 Å². The van der Waals surface area contributed by atoms with Gasteiger partial charge in [0, 0.05) is 59.8 Å². The molecule has 0 saturated carbocycles. The fourth-order valence-corrected chi connectivity index (χ4v) is 4.02. The summed E-state index contributed by atoms with van der Waals surface area (Å²) in [5.41, 5.74) is 6.96. The number of methoxy groups -OCH3 is 1. The molecule has 2 aliphatic heterocycles. The molecular formula is C25H22N4O2. The number of hydrogen-bond donors (Lipinski definition) is 0. The third-order valence-corrected chi connectivity index (χ3v) is 5.67. The van der Waals surface area contributed by atoms with Crippen LogP contribution in [-0.2, 0) is 11.3 Å². The molecule has 0 saturated heterocycles. The van der Waals surface area contributed by atoms with Crippen molar-refractivity contribution in [2.24, 2.45) is 9.98 Å². The number of nitrogens with zero attached hydrogens (tertiary/aromatic N) is 4. The molecule has 0 aliphatic carbocycles. The van der Waals surface area contributed by atoms with Crippen molar-refractivity contribution < 1.29 is 9.53 Å². The van der Waals surface area contributed by atoms with Gasteiger partial charge < -0.3 is 9.64 Å². The van der Waals surface area contributed by atoms with Crippen molar-refractivity contribution in [1.29, 1.82) is 0 Å². The van der Waals surface area contributed by atoms with Crippen molar-refractivity contribution in [2.75, 3.05) is 31.0 Å². The second kappa shape index (κ2) is 7.40. The van der Waals surface area contributed by atoms with Crippen LogP contribution in [0, 0.1) is 0 Å². The molecule has 154 valence electrons. The van der Waals surface area contributed by atoms with E-state index >= 15 is 0 Å². The number of carbonyl (C=O) groups is 1. The second-order valence-electron chi connectivity index (χ2n) is 7.80. The maximum atomic E-state index is 12.6. The number of carbonyl (C=O) groups excluding carboxylic acids is 1. The summed E-state index contributed by atoms with van der Waals surface area (Å²) >= 11 is 0. The number of hydrogen-bond acceptors (Lipinski definition) is 5. The van der Waals surface area contributed by atoms with Crippen LogP contribution < -0.4 is 20.4 Å². The smallest absolute Gasteiger partial charge is 0.414 e. The molecule has 0 fully saturated rings. The molecule has 6 heteroatoms. The lowest BCUT2D eigenvalue weighted by atomic mass is 9.99. The van der Waals surface area contributed by atoms with E-state index in [0.29, 0.717) is 6.54 Å². The van der Waals surface area contributed by atoms with Gasteiger partial charge in [0.1, 0.15) is 0 Å². The van der Waals surface area contributed by atoms with Gasteiger partial charge in [0.2, 0.25) is 0 Å². The highest BCUT2D eigenvalue weighted by atomic mass is 16.5. The van der Waals surface area contributed by atoms with Crippen LogP contribution in [0.4, 0.5) is 21.9 Å². The Morgan fingerprint density at radius 1 is 1.00 bits per heavy atom. The molecule has 1 amide bonds. The van der Waals surface area contributed by atoms with Crippen LogP contribution >= 0.6 is 0 Å². The first-order valence-corrected chi connectivity index (χ1v) is 10.1. The highest BCUT2D eigenvalue weighted by Crippen LogP contribution is 2.37. The van der Waals surface area contributed by atoms with E-state index in [1.807, 2.05) is 86.0 Å². The Bertz CT molecular complexity index is 1340. The summed E-state index contributed by atoms with van der Waals surface area (Å²) in [6, 6.07) is 18.1. The summed E-state index contributed by atoms with van der Waals surface area (Å²) < 4.78 is 5.07. The van der Waals surface area contributed by atoms with Crippen molar-refractivity contribution in [2.45, 2.75) is 6.54 Å². The second-order valence-corrected chi connectivity index (χ2v) is 7.80. The van der Waals surface area contributed by atoms with Crippen LogP contribution in [0.15, 0.2) is 64.6 Å². The molecule has 0 atom stereocenters. The van der Waals surface area contributed by atoms with Crippen molar-refractivity contribution in [1.82, 2.24) is 0 Å². The van der Waals surface area contributed by atoms with Gasteiger partial charge in [0.05, 0.1) is 24.7 Å². The van der Waals surface area contributed by atoms with Gasteiger partial charge in [-0.05, 0) is 35.9 Å². The lowest BCUT2D eigenvalue weighted by Gasteiger charge is -2.22. The number of fused-ring (bicyclic) bond motifs is 5. The van der Waals surface area contributed by atoms with Gasteiger partial charge in [-0.15, -0.1) is 0 Å². The average molecular weight is 410 g/mol. The molecule has 0 N–H and O–H groups in total. The first-order chi connectivity index (χ1) is 15.0. The van der Waals surface area contributed by atoms with Crippen molar-refractivity contribution >= 4 is 35.6 Å². The van der Waals surface area contributed by atoms with Crippen LogP contribution in [0.3, 0.4) is 0 Å². The fourth-order valence-electron chi connectivity index (χ4n) is 4.02. The minimum atomic E-state index is -0.408. The number of aliphatic imine (C=N–C) groups is 1. The van der Waals surface area contributed by atoms with Gasteiger partial charge in [-0.1, -0.05) is 24.3 Å². The monoisotopic (exact) mass is 410 g/mol. The van der Waals surface area contributed by atoms with Gasteiger partial charge in [0.25, 0.3) is 0 Å². The van der Waals surface area contributed by atoms with Crippen LogP contribution in [0.25, 0.3) is 17.3 Å². The summed E-state index contributed by atoms with van der Waals surface area (Å²) in [5, 5.41) is 2.03. The highest BCUT2D eigenvalue weighted by Gasteiger charge is 2.22. The molecule has 0 radical (unpaired) electrons. The van der Waals surface area contributed by atoms with Gasteiger partial charge in [0.15, 0.2) is 0 Å². The van der Waals surface area contributed by atoms with Gasteiger partial charge >= 0.3 is 6.09 Å². The van der Waals surface area contributed by atoms with E-state index in [9.17, 15) is 4.79 Å². The van der Waals surface area contributed by atoms with Crippen LogP contribution in [0.2, 0.25) is 0 Å². The minimum Gasteiger partial charge on any atom is -0.452 e. The number of ether oxygens (including phenoxy) is 1. The molecular weight excluding hydrogens is 388 g/mol. The topological polar surface area (TPSA) is 57.5 Å². The molecule has 0 unspecified atom stereocenters. The Hall–Kier alpha value is -3.93. The molecule has 0 bridgehead atoms. The predicted octanol–water partition coefficient (Wildman–Crippen LogP) is 3.63. The number of anilines is 2. The number of rotatable bonds is 4. The van der Waals surface area contributed by atoms with Crippen molar-refractivity contribution in [3.05, 3.63) is 76.3 Å². The molecule has 2 aliphatic rings. The molecule has 6 nitrogen and oxygen atoms in total. The average Bonchev–Trinajstić information content (AvgIpc) is 3.40. The largest absolute Gasteiger partial charge is 0.452 e. The standard InChI is InChI=1S/C25H22N4O2/c1-28(2)18-7-4-16(5-8-18)15-29(25(30)31-3)19-9-10-20-23(12-19)27-22-11-6-17-13-26-14-21(17)24(20)22/h4-14H,15H2,1-3H3. The Kier molecular flexibility index (Phi) is 4.55. The molecule has 31 heavy (non-hydrogen) atoms. The zero-order valence-corrected chi connectivity index (χ0v) is 17.7. The maximum Gasteiger partial charge on any atom is 0.414 e. The highest BCUT2D eigenvalue weighted by molar-refractivity contribution is 5.98. The predicted molar refractivity (Wildman–Crippen MR) is 124 cm³/mol. The molecule has 3 aromatic rings. The zero-order chi connectivity index (χ0) is 21.5. The van der Waals surface area contributed by atoms with Gasteiger partial charge in [-0.3, -0.25) is 9.89 Å². The molecule has 2 heterocycles. The first kappa shape index (κ1) is 19.1. The quantitative estimate of drug-likeness (QED) is 0.516. The van der Waals surface area contributed by atoms with E-state index < -0.39 is 6.09 Å².